The van der Waals surface area contributed by atoms with Gasteiger partial charge in [0.2, 0.25) is 15.9 Å². The number of hydrogen-bond acceptors (Lipinski definition) is 8. The molecule has 35 heavy (non-hydrogen) atoms. The van der Waals surface area contributed by atoms with E-state index in [0.29, 0.717) is 22.4 Å². The van der Waals surface area contributed by atoms with Crippen molar-refractivity contribution in [3.8, 4) is 11.5 Å². The minimum atomic E-state index is -4.15. The maximum absolute atomic E-state index is 13.1. The average Bonchev–Trinajstić information content (AvgIpc) is 3.32. The predicted molar refractivity (Wildman–Crippen MR) is 125 cm³/mol. The molecule has 0 amide bonds. The first-order valence-corrected chi connectivity index (χ1v) is 12.7. The molecule has 4 rings (SSSR count). The molecule has 1 atom stereocenters. The van der Waals surface area contributed by atoms with E-state index in [9.17, 15) is 22.7 Å². The zero-order valence-corrected chi connectivity index (χ0v) is 19.7. The maximum Gasteiger partial charge on any atom is 0.322 e. The number of carbonyl (C=O) groups is 1. The van der Waals surface area contributed by atoms with Crippen molar-refractivity contribution in [1.82, 2.24) is 19.9 Å². The molecular formula is C23H19FN4O5S2. The smallest absolute Gasteiger partial charge is 0.322 e. The zero-order valence-electron chi connectivity index (χ0n) is 18.0. The SMILES string of the molecule is O=C(O)C(Cc1cccc(CSc2nnc(-c3ccncc3)o2)c1)NS(=O)(=O)c1ccc(F)cc1. The number of aliphatic carboxylic acids is 1. The van der Waals surface area contributed by atoms with Crippen molar-refractivity contribution in [3.05, 3.63) is 90.0 Å². The number of aromatic nitrogens is 3. The Bertz CT molecular complexity index is 1410. The number of carboxylic acids is 1. The van der Waals surface area contributed by atoms with Crippen molar-refractivity contribution < 1.29 is 27.1 Å². The van der Waals surface area contributed by atoms with E-state index in [1.165, 1.54) is 11.8 Å². The molecule has 0 bridgehead atoms. The fourth-order valence-corrected chi connectivity index (χ4v) is 5.05. The van der Waals surface area contributed by atoms with Crippen LogP contribution < -0.4 is 4.72 Å². The van der Waals surface area contributed by atoms with Crippen molar-refractivity contribution in [2.45, 2.75) is 28.3 Å². The van der Waals surface area contributed by atoms with Gasteiger partial charge in [-0.3, -0.25) is 9.78 Å². The first-order chi connectivity index (χ1) is 16.8. The van der Waals surface area contributed by atoms with Crippen LogP contribution in [0.2, 0.25) is 0 Å². The van der Waals surface area contributed by atoms with Crippen LogP contribution in [0.15, 0.2) is 87.6 Å². The van der Waals surface area contributed by atoms with Gasteiger partial charge in [0.05, 0.1) is 4.90 Å². The minimum absolute atomic E-state index is 0.0823. The normalized spacial score (nSPS) is 12.4. The lowest BCUT2D eigenvalue weighted by molar-refractivity contribution is -0.138. The molecule has 9 nitrogen and oxygen atoms in total. The van der Waals surface area contributed by atoms with Crippen LogP contribution in [0.3, 0.4) is 0 Å². The summed E-state index contributed by atoms with van der Waals surface area (Å²) in [4.78, 5) is 15.5. The summed E-state index contributed by atoms with van der Waals surface area (Å²) in [5, 5.41) is 18.0. The number of nitrogens with one attached hydrogen (secondary N) is 1. The third-order valence-corrected chi connectivity index (χ3v) is 7.22. The van der Waals surface area contributed by atoms with E-state index in [4.69, 9.17) is 4.42 Å². The molecule has 0 aliphatic carbocycles. The Hall–Kier alpha value is -3.61. The lowest BCUT2D eigenvalue weighted by Gasteiger charge is -2.15. The molecule has 2 aromatic carbocycles. The molecule has 0 aliphatic heterocycles. The number of benzene rings is 2. The molecule has 0 saturated heterocycles. The third-order valence-electron chi connectivity index (χ3n) is 4.85. The van der Waals surface area contributed by atoms with Gasteiger partial charge in [0.25, 0.3) is 5.22 Å². The Balaban J connectivity index is 1.41. The summed E-state index contributed by atoms with van der Waals surface area (Å²) in [6.07, 6.45) is 3.17. The molecule has 0 saturated carbocycles. The summed E-state index contributed by atoms with van der Waals surface area (Å²) < 4.78 is 46.1. The van der Waals surface area contributed by atoms with Crippen LogP contribution in [0.1, 0.15) is 11.1 Å². The number of halogens is 1. The largest absolute Gasteiger partial charge is 0.480 e. The second-order valence-electron chi connectivity index (χ2n) is 7.39. The molecule has 4 aromatic rings. The van der Waals surface area contributed by atoms with Crippen LogP contribution in [-0.4, -0.2) is 40.7 Å². The number of rotatable bonds is 10. The highest BCUT2D eigenvalue weighted by atomic mass is 32.2. The van der Waals surface area contributed by atoms with Crippen LogP contribution in [0.5, 0.6) is 0 Å². The fourth-order valence-electron chi connectivity index (χ4n) is 3.15. The Morgan fingerprint density at radius 2 is 1.77 bits per heavy atom. The second-order valence-corrected chi connectivity index (χ2v) is 10.0. The molecule has 2 N–H and O–H groups in total. The van der Waals surface area contributed by atoms with Crippen LogP contribution in [0.4, 0.5) is 4.39 Å². The second kappa shape index (κ2) is 10.8. The van der Waals surface area contributed by atoms with Crippen LogP contribution in [-0.2, 0) is 27.0 Å². The Kier molecular flexibility index (Phi) is 7.54. The van der Waals surface area contributed by atoms with E-state index >= 15 is 0 Å². The highest BCUT2D eigenvalue weighted by Crippen LogP contribution is 2.26. The van der Waals surface area contributed by atoms with Gasteiger partial charge < -0.3 is 9.52 Å². The molecule has 2 heterocycles. The first-order valence-electron chi connectivity index (χ1n) is 10.3. The van der Waals surface area contributed by atoms with Crippen molar-refractivity contribution >= 4 is 27.8 Å². The van der Waals surface area contributed by atoms with E-state index in [2.05, 4.69) is 19.9 Å². The summed E-state index contributed by atoms with van der Waals surface area (Å²) in [7, 11) is -4.15. The highest BCUT2D eigenvalue weighted by molar-refractivity contribution is 7.98. The topological polar surface area (TPSA) is 135 Å². The molecule has 12 heteroatoms. The monoisotopic (exact) mass is 514 g/mol. The van der Waals surface area contributed by atoms with E-state index in [1.807, 2.05) is 6.07 Å². The average molecular weight is 515 g/mol. The Morgan fingerprint density at radius 3 is 2.49 bits per heavy atom. The van der Waals surface area contributed by atoms with Crippen molar-refractivity contribution in [3.63, 3.8) is 0 Å². The summed E-state index contributed by atoms with van der Waals surface area (Å²) in [6.45, 7) is 0. The molecule has 0 radical (unpaired) electrons. The van der Waals surface area contributed by atoms with Gasteiger partial charge >= 0.3 is 5.97 Å². The van der Waals surface area contributed by atoms with Gasteiger partial charge in [-0.1, -0.05) is 36.0 Å². The van der Waals surface area contributed by atoms with Crippen molar-refractivity contribution in [1.29, 1.82) is 0 Å². The van der Waals surface area contributed by atoms with E-state index < -0.39 is 27.9 Å². The summed E-state index contributed by atoms with van der Waals surface area (Å²) in [5.74, 6) is -1.07. The van der Waals surface area contributed by atoms with E-state index in [0.717, 1.165) is 35.4 Å². The molecule has 0 fully saturated rings. The summed E-state index contributed by atoms with van der Waals surface area (Å²) >= 11 is 1.32. The van der Waals surface area contributed by atoms with Crippen molar-refractivity contribution in [2.24, 2.45) is 0 Å². The lowest BCUT2D eigenvalue weighted by atomic mass is 10.0. The van der Waals surface area contributed by atoms with Gasteiger partial charge in [-0.25, -0.2) is 12.8 Å². The Morgan fingerprint density at radius 1 is 1.06 bits per heavy atom. The van der Waals surface area contributed by atoms with Crippen molar-refractivity contribution in [2.75, 3.05) is 0 Å². The van der Waals surface area contributed by atoms with Gasteiger partial charge in [-0.05, 0) is 53.9 Å². The van der Waals surface area contributed by atoms with E-state index in [-0.39, 0.29) is 11.3 Å². The molecule has 0 spiro atoms. The predicted octanol–water partition coefficient (Wildman–Crippen LogP) is 3.54. The Labute approximate surface area is 204 Å². The van der Waals surface area contributed by atoms with Gasteiger partial charge in [0.1, 0.15) is 11.9 Å². The number of carboxylic acid groups (broad SMARTS) is 1. The standard InChI is InChI=1S/C23H19FN4O5S2/c24-18-4-6-19(7-5-18)35(31,32)28-20(22(29)30)13-15-2-1-3-16(12-15)14-34-23-27-26-21(33-23)17-8-10-25-11-9-17/h1-12,20,28H,13-14H2,(H,29,30). The first kappa shape index (κ1) is 24.5. The number of nitrogens with zero attached hydrogens (tertiary/aromatic N) is 3. The molecule has 2 aromatic heterocycles. The van der Waals surface area contributed by atoms with Crippen LogP contribution >= 0.6 is 11.8 Å². The third kappa shape index (κ3) is 6.50. The zero-order chi connectivity index (χ0) is 24.8. The van der Waals surface area contributed by atoms with Gasteiger partial charge in [-0.2, -0.15) is 4.72 Å². The quantitative estimate of drug-likeness (QED) is 0.305. The summed E-state index contributed by atoms with van der Waals surface area (Å²) in [5.41, 5.74) is 2.24. The number of hydrogen-bond donors (Lipinski definition) is 2. The number of thioether (sulfide) groups is 1. The minimum Gasteiger partial charge on any atom is -0.480 e. The molecule has 180 valence electrons. The van der Waals surface area contributed by atoms with Gasteiger partial charge in [-0.15, -0.1) is 10.2 Å². The fraction of sp³-hybridized carbons (Fsp3) is 0.130. The molecule has 0 aliphatic rings. The van der Waals surface area contributed by atoms with Gasteiger partial charge in [0, 0.05) is 23.7 Å². The molecular weight excluding hydrogens is 495 g/mol. The van der Waals surface area contributed by atoms with Gasteiger partial charge in [0.15, 0.2) is 0 Å². The lowest BCUT2D eigenvalue weighted by Crippen LogP contribution is -2.42. The van der Waals surface area contributed by atoms with Crippen LogP contribution in [0.25, 0.3) is 11.5 Å². The van der Waals surface area contributed by atoms with Crippen LogP contribution in [0, 0.1) is 5.82 Å². The molecule has 1 unspecified atom stereocenters. The number of sulfonamides is 1. The number of pyridine rings is 1. The summed E-state index contributed by atoms with van der Waals surface area (Å²) in [6, 6.07) is 13.4. The maximum atomic E-state index is 13.1. The highest BCUT2D eigenvalue weighted by Gasteiger charge is 2.26. The van der Waals surface area contributed by atoms with E-state index in [1.54, 1.807) is 42.7 Å².